The van der Waals surface area contributed by atoms with E-state index in [0.717, 1.165) is 46.7 Å². The fourth-order valence-corrected chi connectivity index (χ4v) is 6.55. The van der Waals surface area contributed by atoms with Gasteiger partial charge in [-0.3, -0.25) is 0 Å². The summed E-state index contributed by atoms with van der Waals surface area (Å²) in [5.41, 5.74) is 5.10. The van der Waals surface area contributed by atoms with Gasteiger partial charge < -0.3 is 28.5 Å². The summed E-state index contributed by atoms with van der Waals surface area (Å²) in [5, 5.41) is 4.70. The maximum Gasteiger partial charge on any atom is 0.191 e. The van der Waals surface area contributed by atoms with Gasteiger partial charge >= 0.3 is 0 Å². The van der Waals surface area contributed by atoms with Crippen molar-refractivity contribution in [2.75, 3.05) is 18.5 Å². The number of anilines is 2. The highest BCUT2D eigenvalue weighted by Crippen LogP contribution is 2.43. The van der Waals surface area contributed by atoms with Crippen molar-refractivity contribution in [1.82, 2.24) is 14.5 Å². The smallest absolute Gasteiger partial charge is 0.191 e. The molecule has 0 spiro atoms. The van der Waals surface area contributed by atoms with Crippen LogP contribution in [0.4, 0.5) is 11.5 Å². The molecule has 6 rings (SSSR count). The van der Waals surface area contributed by atoms with Crippen LogP contribution in [0.25, 0.3) is 22.2 Å². The lowest BCUT2D eigenvalue weighted by atomic mass is 10.1. The van der Waals surface area contributed by atoms with E-state index in [1.165, 1.54) is 5.56 Å². The normalized spacial score (nSPS) is 22.0. The maximum atomic E-state index is 6.39. The summed E-state index contributed by atoms with van der Waals surface area (Å²) in [4.78, 5) is 9.43. The lowest BCUT2D eigenvalue weighted by Gasteiger charge is -2.36. The molecule has 0 radical (unpaired) electrons. The van der Waals surface area contributed by atoms with E-state index in [1.54, 1.807) is 6.33 Å². The molecule has 0 unspecified atom stereocenters. The monoisotopic (exact) mass is 586 g/mol. The molecule has 3 atom stereocenters. The van der Waals surface area contributed by atoms with Crippen LogP contribution in [0.2, 0.25) is 18.1 Å². The largest absolute Gasteiger partial charge is 0.416 e. The number of ether oxygens (including phenoxy) is 3. The first kappa shape index (κ1) is 29.0. The van der Waals surface area contributed by atoms with E-state index >= 15 is 0 Å². The molecule has 0 bridgehead atoms. The SMILES string of the molecule is CC1(C)O[C@H]2[C@H](n3cc(-c4ccccc4)c4c(Nc5ccc(CCO[Si](C)(C)C(C)(C)C)cc5)ncnc43)OC[C@H]2O1. The minimum atomic E-state index is -1.75. The Bertz CT molecular complexity index is 1550. The van der Waals surface area contributed by atoms with Gasteiger partial charge in [0.15, 0.2) is 20.3 Å². The number of benzene rings is 2. The van der Waals surface area contributed by atoms with Crippen molar-refractivity contribution in [3.63, 3.8) is 0 Å². The van der Waals surface area contributed by atoms with E-state index in [4.69, 9.17) is 28.6 Å². The Hall–Kier alpha value is -3.08. The molecule has 4 aromatic rings. The van der Waals surface area contributed by atoms with Gasteiger partial charge in [-0.15, -0.1) is 0 Å². The minimum absolute atomic E-state index is 0.118. The van der Waals surface area contributed by atoms with Gasteiger partial charge in [0.05, 0.1) is 12.0 Å². The number of nitrogens with zero attached hydrogens (tertiary/aromatic N) is 3. The van der Waals surface area contributed by atoms with Crippen molar-refractivity contribution < 1.29 is 18.6 Å². The molecular formula is C33H42N4O4Si. The zero-order valence-corrected chi connectivity index (χ0v) is 26.7. The Morgan fingerprint density at radius 2 is 1.76 bits per heavy atom. The van der Waals surface area contributed by atoms with Gasteiger partial charge in [0.25, 0.3) is 0 Å². The van der Waals surface area contributed by atoms with Gasteiger partial charge in [0.1, 0.15) is 30.0 Å². The molecule has 4 heterocycles. The molecule has 9 heteroatoms. The van der Waals surface area contributed by atoms with E-state index in [0.29, 0.717) is 6.61 Å². The van der Waals surface area contributed by atoms with Gasteiger partial charge in [-0.2, -0.15) is 0 Å². The van der Waals surface area contributed by atoms with Crippen LogP contribution in [0.3, 0.4) is 0 Å². The van der Waals surface area contributed by atoms with Gasteiger partial charge in [-0.1, -0.05) is 63.2 Å². The number of hydrogen-bond acceptors (Lipinski definition) is 7. The summed E-state index contributed by atoms with van der Waals surface area (Å²) in [5.74, 6) is 0.0953. The maximum absolute atomic E-state index is 6.39. The third-order valence-corrected chi connectivity index (χ3v) is 13.3. The molecule has 2 aromatic carbocycles. The second-order valence-electron chi connectivity index (χ2n) is 13.3. The van der Waals surface area contributed by atoms with Crippen LogP contribution in [0.15, 0.2) is 67.1 Å². The van der Waals surface area contributed by atoms with Crippen LogP contribution in [-0.4, -0.2) is 54.1 Å². The Morgan fingerprint density at radius 1 is 1.02 bits per heavy atom. The zero-order valence-electron chi connectivity index (χ0n) is 25.7. The number of nitrogens with one attached hydrogen (secondary N) is 1. The van der Waals surface area contributed by atoms with E-state index in [1.807, 2.05) is 32.0 Å². The number of fused-ring (bicyclic) bond motifs is 2. The van der Waals surface area contributed by atoms with Crippen LogP contribution in [0, 0.1) is 0 Å². The molecule has 1 N–H and O–H groups in total. The predicted octanol–water partition coefficient (Wildman–Crippen LogP) is 7.46. The van der Waals surface area contributed by atoms with E-state index in [9.17, 15) is 0 Å². The van der Waals surface area contributed by atoms with Crippen LogP contribution in [-0.2, 0) is 25.1 Å². The summed E-state index contributed by atoms with van der Waals surface area (Å²) in [6.07, 6.45) is 3.90. The standard InChI is InChI=1S/C33H42N4O4Si/c1-32(2,3)42(6,7)39-18-17-22-13-15-24(16-14-22)36-29-27-25(23-11-9-8-10-12-23)19-37(30(27)35-21-34-29)31-28-26(20-38-31)40-33(4,5)41-28/h8-16,19,21,26,28,31H,17-18,20H2,1-7H3,(H,34,35,36)/t26-,28-,31-/m1/s1. The Labute approximate surface area is 249 Å². The second kappa shape index (κ2) is 10.9. The highest BCUT2D eigenvalue weighted by atomic mass is 28.4. The molecule has 2 fully saturated rings. The number of hydrogen-bond donors (Lipinski definition) is 1. The van der Waals surface area contributed by atoms with E-state index in [2.05, 4.69) is 86.3 Å². The van der Waals surface area contributed by atoms with Crippen LogP contribution in [0.1, 0.15) is 46.4 Å². The Morgan fingerprint density at radius 3 is 2.48 bits per heavy atom. The van der Waals surface area contributed by atoms with Crippen molar-refractivity contribution in [2.24, 2.45) is 0 Å². The first-order chi connectivity index (χ1) is 19.9. The van der Waals surface area contributed by atoms with Crippen molar-refractivity contribution >= 4 is 30.9 Å². The molecule has 222 valence electrons. The van der Waals surface area contributed by atoms with Crippen LogP contribution in [0.5, 0.6) is 0 Å². The van der Waals surface area contributed by atoms with Gasteiger partial charge in [0, 0.05) is 24.1 Å². The zero-order chi connectivity index (χ0) is 29.7. The third kappa shape index (κ3) is 5.64. The summed E-state index contributed by atoms with van der Waals surface area (Å²) in [7, 11) is -1.75. The van der Waals surface area contributed by atoms with Crippen molar-refractivity contribution in [1.29, 1.82) is 0 Å². The van der Waals surface area contributed by atoms with Crippen LogP contribution >= 0.6 is 0 Å². The van der Waals surface area contributed by atoms with Gasteiger partial charge in [-0.25, -0.2) is 9.97 Å². The predicted molar refractivity (Wildman–Crippen MR) is 168 cm³/mol. The summed E-state index contributed by atoms with van der Waals surface area (Å²) in [6, 6.07) is 18.8. The van der Waals surface area contributed by atoms with E-state index < -0.39 is 14.1 Å². The Kier molecular flexibility index (Phi) is 7.51. The highest BCUT2D eigenvalue weighted by Gasteiger charge is 2.51. The van der Waals surface area contributed by atoms with Crippen molar-refractivity contribution in [2.45, 2.75) is 83.4 Å². The lowest BCUT2D eigenvalue weighted by molar-refractivity contribution is -0.183. The molecule has 2 aliphatic heterocycles. The summed E-state index contributed by atoms with van der Waals surface area (Å²) < 4.78 is 27.0. The van der Waals surface area contributed by atoms with E-state index in [-0.39, 0.29) is 23.5 Å². The molecule has 0 saturated carbocycles. The fraction of sp³-hybridized carbons (Fsp3) is 0.455. The van der Waals surface area contributed by atoms with Crippen LogP contribution < -0.4 is 5.32 Å². The Balaban J connectivity index is 1.28. The first-order valence-electron chi connectivity index (χ1n) is 14.8. The molecule has 2 aromatic heterocycles. The molecule has 8 nitrogen and oxygen atoms in total. The molecule has 0 amide bonds. The molecular weight excluding hydrogens is 544 g/mol. The van der Waals surface area contributed by atoms with Crippen molar-refractivity contribution in [3.8, 4) is 11.1 Å². The van der Waals surface area contributed by atoms with Gasteiger partial charge in [-0.05, 0) is 61.7 Å². The fourth-order valence-electron chi connectivity index (χ4n) is 5.50. The van der Waals surface area contributed by atoms with Gasteiger partial charge in [0.2, 0.25) is 0 Å². The first-order valence-corrected chi connectivity index (χ1v) is 17.7. The lowest BCUT2D eigenvalue weighted by Crippen LogP contribution is -2.41. The topological polar surface area (TPSA) is 79.7 Å². The number of rotatable bonds is 8. The second-order valence-corrected chi connectivity index (χ2v) is 18.1. The molecule has 2 saturated heterocycles. The van der Waals surface area contributed by atoms with Crippen molar-refractivity contribution in [3.05, 3.63) is 72.7 Å². The summed E-state index contributed by atoms with van der Waals surface area (Å²) in [6.45, 7) is 16.5. The molecule has 0 aliphatic carbocycles. The summed E-state index contributed by atoms with van der Waals surface area (Å²) >= 11 is 0. The average molecular weight is 587 g/mol. The number of aromatic nitrogens is 3. The minimum Gasteiger partial charge on any atom is -0.416 e. The molecule has 2 aliphatic rings. The molecule has 42 heavy (non-hydrogen) atoms. The highest BCUT2D eigenvalue weighted by molar-refractivity contribution is 6.74. The third-order valence-electron chi connectivity index (χ3n) is 8.78. The average Bonchev–Trinajstić information content (AvgIpc) is 3.59. The quantitative estimate of drug-likeness (QED) is 0.215.